The summed E-state index contributed by atoms with van der Waals surface area (Å²) in [5.74, 6) is 0.978. The van der Waals surface area contributed by atoms with E-state index < -0.39 is 0 Å². The van der Waals surface area contributed by atoms with Gasteiger partial charge in [0.25, 0.3) is 5.91 Å². The van der Waals surface area contributed by atoms with Gasteiger partial charge in [-0.1, -0.05) is 0 Å². The van der Waals surface area contributed by atoms with E-state index in [4.69, 9.17) is 0 Å². The Labute approximate surface area is 130 Å². The minimum Gasteiger partial charge on any atom is -0.347 e. The van der Waals surface area contributed by atoms with Gasteiger partial charge in [0.05, 0.1) is 0 Å². The van der Waals surface area contributed by atoms with Gasteiger partial charge >= 0.3 is 0 Å². The van der Waals surface area contributed by atoms with Gasteiger partial charge in [0.1, 0.15) is 17.6 Å². The second kappa shape index (κ2) is 6.32. The van der Waals surface area contributed by atoms with Crippen molar-refractivity contribution < 1.29 is 4.79 Å². The molecular formula is C14H20ClN5O. The molecule has 0 aromatic carbocycles. The molecule has 0 spiro atoms. The smallest absolute Gasteiger partial charge is 0.271 e. The zero-order valence-electron chi connectivity index (χ0n) is 12.2. The molecule has 1 fully saturated rings. The Hall–Kier alpha value is -1.79. The van der Waals surface area contributed by atoms with E-state index in [2.05, 4.69) is 10.3 Å². The third-order valence-electron chi connectivity index (χ3n) is 3.82. The fourth-order valence-corrected chi connectivity index (χ4v) is 2.71. The second-order valence-corrected chi connectivity index (χ2v) is 5.12. The number of hydrogen-bond donors (Lipinski definition) is 1. The average Bonchev–Trinajstić information content (AvgIpc) is 3.06. The molecule has 3 rings (SSSR count). The fourth-order valence-electron chi connectivity index (χ4n) is 2.71. The minimum atomic E-state index is -0.0221. The van der Waals surface area contributed by atoms with Gasteiger partial charge in [-0.05, 0) is 12.1 Å². The summed E-state index contributed by atoms with van der Waals surface area (Å²) in [7, 11) is 3.85. The Bertz CT molecular complexity index is 620. The molecule has 1 N–H and O–H groups in total. The van der Waals surface area contributed by atoms with Gasteiger partial charge in [-0.25, -0.2) is 4.98 Å². The van der Waals surface area contributed by atoms with Crippen molar-refractivity contribution in [1.82, 2.24) is 24.3 Å². The first kappa shape index (κ1) is 15.6. The molecule has 0 saturated carbocycles. The fraction of sp³-hybridized carbons (Fsp3) is 0.429. The SMILES string of the molecule is Cl.Cn1cccc1C(=O)N1CCNCC1c1nccn1C. The molecule has 114 valence electrons. The Morgan fingerprint density at radius 2 is 2.14 bits per heavy atom. The number of piperazine rings is 1. The van der Waals surface area contributed by atoms with Gasteiger partial charge in [0.2, 0.25) is 0 Å². The predicted molar refractivity (Wildman–Crippen MR) is 82.5 cm³/mol. The van der Waals surface area contributed by atoms with Crippen molar-refractivity contribution in [3.63, 3.8) is 0 Å². The summed E-state index contributed by atoms with van der Waals surface area (Å²) in [6.07, 6.45) is 5.58. The lowest BCUT2D eigenvalue weighted by Gasteiger charge is -2.35. The molecule has 2 aromatic heterocycles. The number of carbonyl (C=O) groups excluding carboxylic acids is 1. The van der Waals surface area contributed by atoms with Crippen molar-refractivity contribution in [3.05, 3.63) is 42.2 Å². The zero-order valence-corrected chi connectivity index (χ0v) is 13.0. The van der Waals surface area contributed by atoms with Crippen molar-refractivity contribution in [3.8, 4) is 0 Å². The van der Waals surface area contributed by atoms with Crippen LogP contribution in [0.2, 0.25) is 0 Å². The molecule has 1 saturated heterocycles. The molecule has 0 aliphatic carbocycles. The van der Waals surface area contributed by atoms with E-state index in [-0.39, 0.29) is 24.4 Å². The van der Waals surface area contributed by atoms with Crippen LogP contribution in [0.15, 0.2) is 30.7 Å². The first-order chi connectivity index (χ1) is 9.68. The van der Waals surface area contributed by atoms with E-state index in [1.807, 2.05) is 52.7 Å². The highest BCUT2D eigenvalue weighted by Gasteiger charge is 2.31. The molecule has 1 amide bonds. The molecule has 0 bridgehead atoms. The Morgan fingerprint density at radius 1 is 1.33 bits per heavy atom. The largest absolute Gasteiger partial charge is 0.347 e. The molecule has 0 radical (unpaired) electrons. The van der Waals surface area contributed by atoms with Crippen LogP contribution in [0.5, 0.6) is 0 Å². The summed E-state index contributed by atoms with van der Waals surface area (Å²) in [6.45, 7) is 2.25. The maximum absolute atomic E-state index is 12.7. The highest BCUT2D eigenvalue weighted by atomic mass is 35.5. The molecule has 2 aromatic rings. The van der Waals surface area contributed by atoms with Gasteiger partial charge < -0.3 is 19.4 Å². The summed E-state index contributed by atoms with van der Waals surface area (Å²) >= 11 is 0. The van der Waals surface area contributed by atoms with Crippen LogP contribution in [0.25, 0.3) is 0 Å². The molecule has 1 unspecified atom stereocenters. The second-order valence-electron chi connectivity index (χ2n) is 5.12. The first-order valence-corrected chi connectivity index (χ1v) is 6.78. The van der Waals surface area contributed by atoms with Crippen molar-refractivity contribution >= 4 is 18.3 Å². The summed E-state index contributed by atoms with van der Waals surface area (Å²) in [4.78, 5) is 19.0. The third-order valence-corrected chi connectivity index (χ3v) is 3.82. The number of imidazole rings is 1. The zero-order chi connectivity index (χ0) is 14.1. The molecule has 21 heavy (non-hydrogen) atoms. The van der Waals surface area contributed by atoms with Crippen molar-refractivity contribution in [1.29, 1.82) is 0 Å². The summed E-state index contributed by atoms with van der Waals surface area (Å²) in [5, 5.41) is 3.34. The van der Waals surface area contributed by atoms with E-state index in [0.717, 1.165) is 18.9 Å². The van der Waals surface area contributed by atoms with Crippen LogP contribution in [0.3, 0.4) is 0 Å². The van der Waals surface area contributed by atoms with Crippen LogP contribution in [0.4, 0.5) is 0 Å². The Morgan fingerprint density at radius 3 is 2.76 bits per heavy atom. The van der Waals surface area contributed by atoms with Crippen LogP contribution in [-0.4, -0.2) is 44.6 Å². The highest BCUT2D eigenvalue weighted by Crippen LogP contribution is 2.22. The van der Waals surface area contributed by atoms with Crippen molar-refractivity contribution in [2.45, 2.75) is 6.04 Å². The standard InChI is InChI=1S/C14H19N5O.ClH/c1-17-7-3-4-11(17)14(20)19-9-5-15-10-12(19)13-16-6-8-18(13)2;/h3-4,6-8,12,15H,5,9-10H2,1-2H3;1H. The van der Waals surface area contributed by atoms with E-state index >= 15 is 0 Å². The number of nitrogens with one attached hydrogen (secondary N) is 1. The molecule has 1 aliphatic rings. The van der Waals surface area contributed by atoms with Crippen molar-refractivity contribution in [2.24, 2.45) is 14.1 Å². The summed E-state index contributed by atoms with van der Waals surface area (Å²) in [5.41, 5.74) is 0.714. The molecule has 1 aliphatic heterocycles. The molecule has 6 nitrogen and oxygen atoms in total. The number of carbonyl (C=O) groups is 1. The van der Waals surface area contributed by atoms with E-state index in [9.17, 15) is 4.79 Å². The number of halogens is 1. The average molecular weight is 310 g/mol. The molecule has 1 atom stereocenters. The minimum absolute atomic E-state index is 0. The van der Waals surface area contributed by atoms with Crippen molar-refractivity contribution in [2.75, 3.05) is 19.6 Å². The molecule has 3 heterocycles. The van der Waals surface area contributed by atoms with Crippen LogP contribution in [-0.2, 0) is 14.1 Å². The van der Waals surface area contributed by atoms with E-state index in [1.54, 1.807) is 6.20 Å². The van der Waals surface area contributed by atoms with Gasteiger partial charge in [0, 0.05) is 52.3 Å². The number of aryl methyl sites for hydroxylation is 2. The quantitative estimate of drug-likeness (QED) is 0.899. The van der Waals surface area contributed by atoms with E-state index in [1.165, 1.54) is 0 Å². The summed E-state index contributed by atoms with van der Waals surface area (Å²) < 4.78 is 3.84. The van der Waals surface area contributed by atoms with Gasteiger partial charge in [-0.3, -0.25) is 4.79 Å². The number of aromatic nitrogens is 3. The number of amides is 1. The monoisotopic (exact) mass is 309 g/mol. The molecular weight excluding hydrogens is 290 g/mol. The van der Waals surface area contributed by atoms with Crippen LogP contribution < -0.4 is 5.32 Å². The lowest BCUT2D eigenvalue weighted by atomic mass is 10.1. The van der Waals surface area contributed by atoms with Gasteiger partial charge in [-0.2, -0.15) is 0 Å². The van der Waals surface area contributed by atoms with E-state index in [0.29, 0.717) is 12.2 Å². The van der Waals surface area contributed by atoms with Gasteiger partial charge in [-0.15, -0.1) is 12.4 Å². The van der Waals surface area contributed by atoms with Crippen LogP contribution in [0.1, 0.15) is 22.4 Å². The summed E-state index contributed by atoms with van der Waals surface area (Å²) in [6, 6.07) is 3.73. The Balaban J connectivity index is 0.00000161. The lowest BCUT2D eigenvalue weighted by Crippen LogP contribution is -2.49. The number of hydrogen-bond acceptors (Lipinski definition) is 3. The lowest BCUT2D eigenvalue weighted by molar-refractivity contribution is 0.0611. The van der Waals surface area contributed by atoms with Crippen LogP contribution >= 0.6 is 12.4 Å². The topological polar surface area (TPSA) is 55.1 Å². The maximum atomic E-state index is 12.7. The molecule has 7 heteroatoms. The number of nitrogens with zero attached hydrogens (tertiary/aromatic N) is 4. The Kier molecular flexibility index (Phi) is 4.69. The predicted octanol–water partition coefficient (Wildman–Crippen LogP) is 0.967. The maximum Gasteiger partial charge on any atom is 0.271 e. The van der Waals surface area contributed by atoms with Crippen LogP contribution in [0, 0.1) is 0 Å². The highest BCUT2D eigenvalue weighted by molar-refractivity contribution is 5.93. The number of rotatable bonds is 2. The normalized spacial score (nSPS) is 18.4. The first-order valence-electron chi connectivity index (χ1n) is 6.78. The third kappa shape index (κ3) is 2.82. The van der Waals surface area contributed by atoms with Gasteiger partial charge in [0.15, 0.2) is 0 Å².